The van der Waals surface area contributed by atoms with E-state index < -0.39 is 5.97 Å². The van der Waals surface area contributed by atoms with Crippen LogP contribution < -0.4 is 0 Å². The molecule has 0 spiro atoms. The number of rotatable bonds is 1. The Hall–Kier alpha value is -3.19. The molecular formula is C19H12FNO2. The third-order valence-corrected chi connectivity index (χ3v) is 3.47. The van der Waals surface area contributed by atoms with Crippen molar-refractivity contribution in [2.24, 2.45) is 0 Å². The first-order chi connectivity index (χ1) is 11.0. The van der Waals surface area contributed by atoms with Gasteiger partial charge in [-0.3, -0.25) is 4.98 Å². The maximum absolute atomic E-state index is 13.3. The lowest BCUT2D eigenvalue weighted by Gasteiger charge is -2.00. The Morgan fingerprint density at radius 1 is 1.13 bits per heavy atom. The second-order valence-corrected chi connectivity index (χ2v) is 5.15. The van der Waals surface area contributed by atoms with E-state index in [-0.39, 0.29) is 11.4 Å². The molecule has 1 N–H and O–H groups in total. The van der Waals surface area contributed by atoms with Crippen molar-refractivity contribution in [3.63, 3.8) is 0 Å². The highest BCUT2D eigenvalue weighted by Gasteiger charge is 2.04. The van der Waals surface area contributed by atoms with Gasteiger partial charge >= 0.3 is 5.97 Å². The highest BCUT2D eigenvalue weighted by Crippen LogP contribution is 2.15. The van der Waals surface area contributed by atoms with E-state index in [1.807, 2.05) is 6.92 Å². The average Bonchev–Trinajstić information content (AvgIpc) is 2.53. The van der Waals surface area contributed by atoms with Crippen LogP contribution >= 0.6 is 0 Å². The van der Waals surface area contributed by atoms with Gasteiger partial charge in [0.25, 0.3) is 0 Å². The van der Waals surface area contributed by atoms with Crippen LogP contribution in [0.2, 0.25) is 0 Å². The monoisotopic (exact) mass is 305 g/mol. The molecule has 0 aliphatic carbocycles. The number of carboxylic acid groups (broad SMARTS) is 1. The van der Waals surface area contributed by atoms with Crippen molar-refractivity contribution in [3.8, 4) is 11.8 Å². The normalized spacial score (nSPS) is 10.2. The summed E-state index contributed by atoms with van der Waals surface area (Å²) in [6.45, 7) is 1.86. The third-order valence-electron chi connectivity index (χ3n) is 3.47. The number of fused-ring (bicyclic) bond motifs is 1. The second-order valence-electron chi connectivity index (χ2n) is 5.15. The number of halogens is 1. The van der Waals surface area contributed by atoms with Crippen molar-refractivity contribution in [1.82, 2.24) is 4.98 Å². The SMILES string of the molecule is Cc1ccc(C(=O)O)cc1C#Cc1cnc2ccc(F)cc2c1. The number of pyridine rings is 1. The number of hydrogen-bond donors (Lipinski definition) is 1. The minimum absolute atomic E-state index is 0.193. The molecule has 0 saturated carbocycles. The fourth-order valence-corrected chi connectivity index (χ4v) is 2.20. The number of hydrogen-bond acceptors (Lipinski definition) is 2. The van der Waals surface area contributed by atoms with E-state index in [9.17, 15) is 9.18 Å². The molecule has 0 saturated heterocycles. The predicted molar refractivity (Wildman–Crippen MR) is 85.8 cm³/mol. The van der Waals surface area contributed by atoms with Gasteiger partial charge in [-0.05, 0) is 48.9 Å². The van der Waals surface area contributed by atoms with Gasteiger partial charge in [-0.1, -0.05) is 17.9 Å². The van der Waals surface area contributed by atoms with E-state index in [0.717, 1.165) is 5.56 Å². The van der Waals surface area contributed by atoms with Crippen LogP contribution in [0.3, 0.4) is 0 Å². The first-order valence-corrected chi connectivity index (χ1v) is 6.94. The molecule has 0 atom stereocenters. The van der Waals surface area contributed by atoms with Gasteiger partial charge < -0.3 is 5.11 Å². The van der Waals surface area contributed by atoms with Gasteiger partial charge in [0, 0.05) is 22.7 Å². The molecule has 0 unspecified atom stereocenters. The summed E-state index contributed by atoms with van der Waals surface area (Å²) >= 11 is 0. The van der Waals surface area contributed by atoms with E-state index >= 15 is 0 Å². The lowest BCUT2D eigenvalue weighted by atomic mass is 10.0. The zero-order valence-corrected chi connectivity index (χ0v) is 12.3. The molecule has 0 aliphatic heterocycles. The van der Waals surface area contributed by atoms with Gasteiger partial charge in [-0.2, -0.15) is 0 Å². The zero-order valence-electron chi connectivity index (χ0n) is 12.3. The summed E-state index contributed by atoms with van der Waals surface area (Å²) in [5.41, 5.74) is 3.06. The Bertz CT molecular complexity index is 984. The average molecular weight is 305 g/mol. The fraction of sp³-hybridized carbons (Fsp3) is 0.0526. The smallest absolute Gasteiger partial charge is 0.335 e. The summed E-state index contributed by atoms with van der Waals surface area (Å²) in [5, 5.41) is 9.71. The van der Waals surface area contributed by atoms with Crippen molar-refractivity contribution in [3.05, 3.63) is 76.7 Å². The van der Waals surface area contributed by atoms with E-state index in [1.54, 1.807) is 36.5 Å². The second kappa shape index (κ2) is 5.90. The van der Waals surface area contributed by atoms with Crippen molar-refractivity contribution >= 4 is 16.9 Å². The largest absolute Gasteiger partial charge is 0.478 e. The minimum Gasteiger partial charge on any atom is -0.478 e. The van der Waals surface area contributed by atoms with Gasteiger partial charge in [-0.15, -0.1) is 0 Å². The number of aryl methyl sites for hydroxylation is 1. The molecule has 2 aromatic carbocycles. The molecule has 0 aliphatic rings. The molecule has 0 bridgehead atoms. The summed E-state index contributed by atoms with van der Waals surface area (Å²) in [6, 6.07) is 11.0. The van der Waals surface area contributed by atoms with E-state index in [1.165, 1.54) is 12.1 Å². The Morgan fingerprint density at radius 2 is 1.96 bits per heavy atom. The lowest BCUT2D eigenvalue weighted by Crippen LogP contribution is -1.97. The molecule has 0 radical (unpaired) electrons. The molecule has 1 aromatic heterocycles. The Morgan fingerprint density at radius 3 is 2.74 bits per heavy atom. The highest BCUT2D eigenvalue weighted by atomic mass is 19.1. The molecule has 3 rings (SSSR count). The molecule has 4 heteroatoms. The maximum atomic E-state index is 13.3. The summed E-state index contributed by atoms with van der Waals surface area (Å²) in [6.07, 6.45) is 1.61. The van der Waals surface area contributed by atoms with Crippen molar-refractivity contribution in [2.45, 2.75) is 6.92 Å². The van der Waals surface area contributed by atoms with Gasteiger partial charge in [-0.25, -0.2) is 9.18 Å². The van der Waals surface area contributed by atoms with Crippen LogP contribution in [-0.4, -0.2) is 16.1 Å². The number of benzene rings is 2. The van der Waals surface area contributed by atoms with E-state index in [2.05, 4.69) is 16.8 Å². The molecular weight excluding hydrogens is 293 g/mol. The fourth-order valence-electron chi connectivity index (χ4n) is 2.20. The summed E-state index contributed by atoms with van der Waals surface area (Å²) in [7, 11) is 0. The van der Waals surface area contributed by atoms with E-state index in [0.29, 0.717) is 22.0 Å². The Balaban J connectivity index is 2.01. The number of aromatic nitrogens is 1. The first kappa shape index (κ1) is 14.7. The van der Waals surface area contributed by atoms with Crippen molar-refractivity contribution in [2.75, 3.05) is 0 Å². The number of carboxylic acids is 1. The summed E-state index contributed by atoms with van der Waals surface area (Å²) < 4.78 is 13.3. The molecule has 3 aromatic rings. The van der Waals surface area contributed by atoms with Crippen molar-refractivity contribution in [1.29, 1.82) is 0 Å². The molecule has 112 valence electrons. The van der Waals surface area contributed by atoms with Crippen LogP contribution in [0.15, 0.2) is 48.7 Å². The lowest BCUT2D eigenvalue weighted by molar-refractivity contribution is 0.0697. The van der Waals surface area contributed by atoms with Gasteiger partial charge in [0.1, 0.15) is 5.82 Å². The summed E-state index contributed by atoms with van der Waals surface area (Å²) in [4.78, 5) is 15.3. The molecule has 3 nitrogen and oxygen atoms in total. The van der Waals surface area contributed by atoms with Crippen LogP contribution in [-0.2, 0) is 0 Å². The molecule has 23 heavy (non-hydrogen) atoms. The molecule has 0 fully saturated rings. The standard InChI is InChI=1S/C19H12FNO2/c1-12-2-4-15(19(22)23)9-14(12)5-3-13-8-16-10-17(20)6-7-18(16)21-11-13/h2,4,6-11H,1H3,(H,22,23). The van der Waals surface area contributed by atoms with Gasteiger partial charge in [0.2, 0.25) is 0 Å². The highest BCUT2D eigenvalue weighted by molar-refractivity contribution is 5.88. The Kier molecular flexibility index (Phi) is 3.78. The molecule has 0 amide bonds. The van der Waals surface area contributed by atoms with Gasteiger partial charge in [0.15, 0.2) is 0 Å². The quantitative estimate of drug-likeness (QED) is 0.696. The van der Waals surface area contributed by atoms with Crippen LogP contribution in [0.4, 0.5) is 4.39 Å². The predicted octanol–water partition coefficient (Wildman–Crippen LogP) is 3.78. The van der Waals surface area contributed by atoms with Crippen LogP contribution in [0.1, 0.15) is 27.0 Å². The van der Waals surface area contributed by atoms with E-state index in [4.69, 9.17) is 5.11 Å². The maximum Gasteiger partial charge on any atom is 0.335 e. The van der Waals surface area contributed by atoms with Crippen LogP contribution in [0.5, 0.6) is 0 Å². The number of carbonyl (C=O) groups is 1. The third kappa shape index (κ3) is 3.19. The van der Waals surface area contributed by atoms with Crippen LogP contribution in [0, 0.1) is 24.6 Å². The molecule has 1 heterocycles. The zero-order chi connectivity index (χ0) is 16.4. The Labute approximate surface area is 132 Å². The number of aromatic carboxylic acids is 1. The minimum atomic E-state index is -0.990. The summed E-state index contributed by atoms with van der Waals surface area (Å²) in [5.74, 6) is 4.59. The van der Waals surface area contributed by atoms with Crippen molar-refractivity contribution < 1.29 is 14.3 Å². The van der Waals surface area contributed by atoms with Crippen LogP contribution in [0.25, 0.3) is 10.9 Å². The number of nitrogens with zero attached hydrogens (tertiary/aromatic N) is 1. The van der Waals surface area contributed by atoms with Gasteiger partial charge in [0.05, 0.1) is 11.1 Å². The topological polar surface area (TPSA) is 50.2 Å². The first-order valence-electron chi connectivity index (χ1n) is 6.94.